The SMILES string of the molecule is CCc1[nH]nc2nc(CC(=O)O)ncc12. The summed E-state index contributed by atoms with van der Waals surface area (Å²) in [6.45, 7) is 2.00. The standard InChI is InChI=1S/C9H10N4O2/c1-2-6-5-4-10-7(3-8(14)15)11-9(5)13-12-6/h4H,2-3H2,1H3,(H,14,15)(H,10,11,12,13). The zero-order valence-electron chi connectivity index (χ0n) is 8.19. The third-order valence-electron chi connectivity index (χ3n) is 2.10. The molecular weight excluding hydrogens is 196 g/mol. The maximum absolute atomic E-state index is 10.5. The van der Waals surface area contributed by atoms with Crippen molar-refractivity contribution in [1.29, 1.82) is 0 Å². The van der Waals surface area contributed by atoms with Gasteiger partial charge in [0.1, 0.15) is 12.2 Å². The average molecular weight is 206 g/mol. The van der Waals surface area contributed by atoms with Crippen LogP contribution >= 0.6 is 0 Å². The molecule has 2 aromatic heterocycles. The van der Waals surface area contributed by atoms with Crippen LogP contribution in [-0.4, -0.2) is 31.2 Å². The first-order valence-electron chi connectivity index (χ1n) is 4.61. The van der Waals surface area contributed by atoms with Crippen molar-refractivity contribution in [3.63, 3.8) is 0 Å². The van der Waals surface area contributed by atoms with E-state index in [-0.39, 0.29) is 12.2 Å². The molecule has 0 bridgehead atoms. The monoisotopic (exact) mass is 206 g/mol. The molecule has 6 heteroatoms. The predicted molar refractivity (Wildman–Crippen MR) is 52.4 cm³/mol. The number of hydrogen-bond acceptors (Lipinski definition) is 4. The van der Waals surface area contributed by atoms with Crippen LogP contribution in [0.2, 0.25) is 0 Å². The van der Waals surface area contributed by atoms with Gasteiger partial charge in [-0.3, -0.25) is 9.89 Å². The van der Waals surface area contributed by atoms with E-state index in [4.69, 9.17) is 5.11 Å². The Balaban J connectivity index is 2.44. The van der Waals surface area contributed by atoms with Crippen LogP contribution < -0.4 is 0 Å². The van der Waals surface area contributed by atoms with Crippen LogP contribution in [0, 0.1) is 0 Å². The van der Waals surface area contributed by atoms with Crippen molar-refractivity contribution < 1.29 is 9.90 Å². The van der Waals surface area contributed by atoms with E-state index in [9.17, 15) is 4.79 Å². The number of aromatic amines is 1. The van der Waals surface area contributed by atoms with Gasteiger partial charge in [-0.05, 0) is 6.42 Å². The predicted octanol–water partition coefficient (Wildman–Crippen LogP) is 0.542. The summed E-state index contributed by atoms with van der Waals surface area (Å²) in [5.74, 6) is -0.662. The van der Waals surface area contributed by atoms with Gasteiger partial charge in [0.05, 0.1) is 5.39 Å². The Hall–Kier alpha value is -1.98. The number of H-pyrrole nitrogens is 1. The normalized spacial score (nSPS) is 10.7. The van der Waals surface area contributed by atoms with Crippen LogP contribution in [0.5, 0.6) is 0 Å². The van der Waals surface area contributed by atoms with Gasteiger partial charge in [0.15, 0.2) is 5.65 Å². The molecule has 0 spiro atoms. The van der Waals surface area contributed by atoms with Crippen LogP contribution in [0.4, 0.5) is 0 Å². The van der Waals surface area contributed by atoms with Gasteiger partial charge in [0.2, 0.25) is 0 Å². The second-order valence-corrected chi connectivity index (χ2v) is 3.15. The highest BCUT2D eigenvalue weighted by molar-refractivity contribution is 5.77. The van der Waals surface area contributed by atoms with Crippen LogP contribution in [-0.2, 0) is 17.6 Å². The molecule has 0 atom stereocenters. The summed E-state index contributed by atoms with van der Waals surface area (Å²) in [5, 5.41) is 16.3. The van der Waals surface area contributed by atoms with Gasteiger partial charge >= 0.3 is 5.97 Å². The lowest BCUT2D eigenvalue weighted by atomic mass is 10.2. The Kier molecular flexibility index (Phi) is 2.32. The number of rotatable bonds is 3. The van der Waals surface area contributed by atoms with Crippen molar-refractivity contribution in [3.05, 3.63) is 17.7 Å². The van der Waals surface area contributed by atoms with E-state index < -0.39 is 5.97 Å². The molecule has 0 aliphatic carbocycles. The van der Waals surface area contributed by atoms with Crippen molar-refractivity contribution >= 4 is 17.0 Å². The van der Waals surface area contributed by atoms with Crippen LogP contribution in [0.25, 0.3) is 11.0 Å². The van der Waals surface area contributed by atoms with Gasteiger partial charge in [-0.25, -0.2) is 9.97 Å². The lowest BCUT2D eigenvalue weighted by Crippen LogP contribution is -2.04. The van der Waals surface area contributed by atoms with Crippen molar-refractivity contribution in [2.24, 2.45) is 0 Å². The number of nitrogens with one attached hydrogen (secondary N) is 1. The summed E-state index contributed by atoms with van der Waals surface area (Å²) in [4.78, 5) is 18.5. The smallest absolute Gasteiger partial charge is 0.311 e. The number of nitrogens with zero attached hydrogens (tertiary/aromatic N) is 3. The minimum absolute atomic E-state index is 0.176. The molecule has 0 saturated heterocycles. The summed E-state index contributed by atoms with van der Waals surface area (Å²) in [6, 6.07) is 0. The number of hydrogen-bond donors (Lipinski definition) is 2. The maximum atomic E-state index is 10.5. The van der Waals surface area contributed by atoms with E-state index in [1.807, 2.05) is 6.92 Å². The second-order valence-electron chi connectivity index (χ2n) is 3.15. The highest BCUT2D eigenvalue weighted by atomic mass is 16.4. The molecule has 0 unspecified atom stereocenters. The Morgan fingerprint density at radius 2 is 2.40 bits per heavy atom. The third kappa shape index (κ3) is 1.78. The quantitative estimate of drug-likeness (QED) is 0.764. The van der Waals surface area contributed by atoms with Gasteiger partial charge in [0.25, 0.3) is 0 Å². The summed E-state index contributed by atoms with van der Waals surface area (Å²) < 4.78 is 0. The van der Waals surface area contributed by atoms with E-state index in [0.29, 0.717) is 5.65 Å². The number of fused-ring (bicyclic) bond motifs is 1. The number of aromatic nitrogens is 4. The first-order chi connectivity index (χ1) is 7.20. The molecule has 78 valence electrons. The second kappa shape index (κ2) is 3.64. The van der Waals surface area contributed by atoms with E-state index >= 15 is 0 Å². The summed E-state index contributed by atoms with van der Waals surface area (Å²) in [6.07, 6.45) is 2.26. The average Bonchev–Trinajstić information content (AvgIpc) is 2.58. The number of aliphatic carboxylic acids is 1. The lowest BCUT2D eigenvalue weighted by Gasteiger charge is -1.95. The van der Waals surface area contributed by atoms with Gasteiger partial charge < -0.3 is 5.11 Å². The molecule has 0 aromatic carbocycles. The van der Waals surface area contributed by atoms with Crippen molar-refractivity contribution in [2.45, 2.75) is 19.8 Å². The first-order valence-corrected chi connectivity index (χ1v) is 4.61. The fraction of sp³-hybridized carbons (Fsp3) is 0.333. The topological polar surface area (TPSA) is 91.8 Å². The molecule has 0 radical (unpaired) electrons. The number of carboxylic acid groups (broad SMARTS) is 1. The van der Waals surface area contributed by atoms with Gasteiger partial charge in [-0.1, -0.05) is 6.92 Å². The van der Waals surface area contributed by atoms with E-state index in [1.165, 1.54) is 0 Å². The van der Waals surface area contributed by atoms with Crippen molar-refractivity contribution in [1.82, 2.24) is 20.2 Å². The number of carboxylic acids is 1. The third-order valence-corrected chi connectivity index (χ3v) is 2.10. The Bertz CT molecular complexity index is 506. The molecule has 0 aliphatic rings. The van der Waals surface area contributed by atoms with E-state index in [2.05, 4.69) is 20.2 Å². The highest BCUT2D eigenvalue weighted by Gasteiger charge is 2.08. The fourth-order valence-electron chi connectivity index (χ4n) is 1.38. The number of carbonyl (C=O) groups is 1. The van der Waals surface area contributed by atoms with Crippen LogP contribution in [0.1, 0.15) is 18.4 Å². The summed E-state index contributed by atoms with van der Waals surface area (Å²) in [7, 11) is 0. The molecule has 0 saturated carbocycles. The molecular formula is C9H10N4O2. The Morgan fingerprint density at radius 1 is 1.60 bits per heavy atom. The van der Waals surface area contributed by atoms with E-state index in [0.717, 1.165) is 17.5 Å². The lowest BCUT2D eigenvalue weighted by molar-refractivity contribution is -0.136. The zero-order chi connectivity index (χ0) is 10.8. The minimum atomic E-state index is -0.944. The van der Waals surface area contributed by atoms with Crippen LogP contribution in [0.3, 0.4) is 0 Å². The molecule has 2 aromatic rings. The Labute approximate surface area is 85.4 Å². The summed E-state index contributed by atoms with van der Waals surface area (Å²) >= 11 is 0. The van der Waals surface area contributed by atoms with Crippen LogP contribution in [0.15, 0.2) is 6.20 Å². The van der Waals surface area contributed by atoms with Gasteiger partial charge in [-0.15, -0.1) is 0 Å². The molecule has 15 heavy (non-hydrogen) atoms. The van der Waals surface area contributed by atoms with Crippen molar-refractivity contribution in [2.75, 3.05) is 0 Å². The highest BCUT2D eigenvalue weighted by Crippen LogP contribution is 2.13. The summed E-state index contributed by atoms with van der Waals surface area (Å²) in [5.41, 5.74) is 1.49. The molecule has 0 fully saturated rings. The maximum Gasteiger partial charge on any atom is 0.311 e. The fourth-order valence-corrected chi connectivity index (χ4v) is 1.38. The molecule has 2 N–H and O–H groups in total. The van der Waals surface area contributed by atoms with Gasteiger partial charge in [0, 0.05) is 11.9 Å². The largest absolute Gasteiger partial charge is 0.481 e. The molecule has 0 aliphatic heterocycles. The molecule has 0 amide bonds. The van der Waals surface area contributed by atoms with Gasteiger partial charge in [-0.2, -0.15) is 5.10 Å². The minimum Gasteiger partial charge on any atom is -0.481 e. The Morgan fingerprint density at radius 3 is 3.07 bits per heavy atom. The molecule has 6 nitrogen and oxygen atoms in total. The van der Waals surface area contributed by atoms with Crippen molar-refractivity contribution in [3.8, 4) is 0 Å². The zero-order valence-corrected chi connectivity index (χ0v) is 8.19. The first kappa shape index (κ1) is 9.57. The number of aryl methyl sites for hydroxylation is 1. The molecule has 2 heterocycles. The van der Waals surface area contributed by atoms with E-state index in [1.54, 1.807) is 6.20 Å². The molecule has 2 rings (SSSR count).